The molecule has 0 saturated heterocycles. The lowest BCUT2D eigenvalue weighted by atomic mass is 9.99. The summed E-state index contributed by atoms with van der Waals surface area (Å²) in [6.07, 6.45) is 1.77. The van der Waals surface area contributed by atoms with Gasteiger partial charge in [-0.3, -0.25) is 0 Å². The van der Waals surface area contributed by atoms with Crippen LogP contribution in [-0.2, 0) is 6.42 Å². The predicted molar refractivity (Wildman–Crippen MR) is 73.1 cm³/mol. The quantitative estimate of drug-likeness (QED) is 0.712. The van der Waals surface area contributed by atoms with Crippen molar-refractivity contribution >= 4 is 0 Å². The van der Waals surface area contributed by atoms with Crippen molar-refractivity contribution in [3.8, 4) is 0 Å². The molecule has 1 unspecified atom stereocenters. The van der Waals surface area contributed by atoms with Crippen LogP contribution < -0.4 is 5.32 Å². The molecule has 0 aliphatic carbocycles. The summed E-state index contributed by atoms with van der Waals surface area (Å²) < 4.78 is 0. The zero-order valence-electron chi connectivity index (χ0n) is 11.2. The Kier molecular flexibility index (Phi) is 6.23. The Bertz CT molecular complexity index is 322. The van der Waals surface area contributed by atoms with Gasteiger partial charge in [-0.1, -0.05) is 45.0 Å². The van der Waals surface area contributed by atoms with Crippen molar-refractivity contribution in [2.75, 3.05) is 13.1 Å². The van der Waals surface area contributed by atoms with Crippen LogP contribution in [0.4, 0.5) is 0 Å². The fourth-order valence-electron chi connectivity index (χ4n) is 1.93. The molecule has 0 saturated carbocycles. The second-order valence-corrected chi connectivity index (χ2v) is 5.06. The highest BCUT2D eigenvalue weighted by Crippen LogP contribution is 2.16. The van der Waals surface area contributed by atoms with Gasteiger partial charge in [-0.15, -0.1) is 0 Å². The molecule has 1 rings (SSSR count). The molecule has 17 heavy (non-hydrogen) atoms. The first-order valence-electron chi connectivity index (χ1n) is 6.61. The summed E-state index contributed by atoms with van der Waals surface area (Å²) >= 11 is 0. The van der Waals surface area contributed by atoms with Gasteiger partial charge in [-0.25, -0.2) is 0 Å². The molecule has 0 fully saturated rings. The summed E-state index contributed by atoms with van der Waals surface area (Å²) in [6.45, 7) is 8.15. The summed E-state index contributed by atoms with van der Waals surface area (Å²) in [5, 5.41) is 13.3. The van der Waals surface area contributed by atoms with Crippen molar-refractivity contribution in [3.63, 3.8) is 0 Å². The minimum Gasteiger partial charge on any atom is -0.387 e. The summed E-state index contributed by atoms with van der Waals surface area (Å²) in [4.78, 5) is 0. The zero-order valence-corrected chi connectivity index (χ0v) is 11.2. The first kappa shape index (κ1) is 14.2. The Hall–Kier alpha value is -0.860. The van der Waals surface area contributed by atoms with E-state index in [4.69, 9.17) is 0 Å². The van der Waals surface area contributed by atoms with E-state index in [9.17, 15) is 5.11 Å². The molecule has 0 spiro atoms. The van der Waals surface area contributed by atoms with E-state index in [1.165, 1.54) is 5.56 Å². The molecule has 0 aromatic heterocycles. The maximum Gasteiger partial charge on any atom is 0.0914 e. The van der Waals surface area contributed by atoms with E-state index in [0.717, 1.165) is 24.9 Å². The van der Waals surface area contributed by atoms with Crippen LogP contribution in [0.2, 0.25) is 0 Å². The van der Waals surface area contributed by atoms with Gasteiger partial charge in [-0.05, 0) is 36.4 Å². The number of rotatable bonds is 7. The first-order chi connectivity index (χ1) is 8.13. The molecule has 0 radical (unpaired) electrons. The summed E-state index contributed by atoms with van der Waals surface area (Å²) in [6, 6.07) is 8.30. The second kappa shape index (κ2) is 7.46. The number of hydrogen-bond donors (Lipinski definition) is 2. The van der Waals surface area contributed by atoms with E-state index in [-0.39, 0.29) is 0 Å². The Morgan fingerprint density at radius 2 is 2.06 bits per heavy atom. The SMILES string of the molecule is CCCNCC(O)c1cccc(CC(C)C)c1. The normalized spacial score (nSPS) is 13.0. The minimum atomic E-state index is -0.395. The lowest BCUT2D eigenvalue weighted by Gasteiger charge is -2.13. The van der Waals surface area contributed by atoms with E-state index in [1.54, 1.807) is 0 Å². The highest BCUT2D eigenvalue weighted by Gasteiger charge is 2.07. The van der Waals surface area contributed by atoms with Crippen LogP contribution in [0.5, 0.6) is 0 Å². The van der Waals surface area contributed by atoms with Gasteiger partial charge in [0.1, 0.15) is 0 Å². The van der Waals surface area contributed by atoms with E-state index in [2.05, 4.69) is 38.2 Å². The lowest BCUT2D eigenvalue weighted by molar-refractivity contribution is 0.175. The number of nitrogens with one attached hydrogen (secondary N) is 1. The van der Waals surface area contributed by atoms with Gasteiger partial charge in [0.15, 0.2) is 0 Å². The van der Waals surface area contributed by atoms with E-state index in [0.29, 0.717) is 12.5 Å². The summed E-state index contributed by atoms with van der Waals surface area (Å²) in [5.74, 6) is 0.653. The molecule has 1 aromatic carbocycles. The van der Waals surface area contributed by atoms with Crippen molar-refractivity contribution < 1.29 is 5.11 Å². The second-order valence-electron chi connectivity index (χ2n) is 5.06. The molecule has 96 valence electrons. The highest BCUT2D eigenvalue weighted by atomic mass is 16.3. The van der Waals surface area contributed by atoms with Crippen LogP contribution in [0.1, 0.15) is 44.4 Å². The number of aliphatic hydroxyl groups excluding tert-OH is 1. The van der Waals surface area contributed by atoms with Gasteiger partial charge in [-0.2, -0.15) is 0 Å². The average molecular weight is 235 g/mol. The predicted octanol–water partition coefficient (Wildman–Crippen LogP) is 2.92. The third kappa shape index (κ3) is 5.33. The summed E-state index contributed by atoms with van der Waals surface area (Å²) in [7, 11) is 0. The van der Waals surface area contributed by atoms with Crippen molar-refractivity contribution in [1.29, 1.82) is 0 Å². The molecule has 1 aromatic rings. The van der Waals surface area contributed by atoms with Gasteiger partial charge < -0.3 is 10.4 Å². The Morgan fingerprint density at radius 1 is 1.29 bits per heavy atom. The first-order valence-corrected chi connectivity index (χ1v) is 6.61. The minimum absolute atomic E-state index is 0.395. The fourth-order valence-corrected chi connectivity index (χ4v) is 1.93. The molecule has 0 aliphatic heterocycles. The number of benzene rings is 1. The number of hydrogen-bond acceptors (Lipinski definition) is 2. The van der Waals surface area contributed by atoms with Gasteiger partial charge >= 0.3 is 0 Å². The van der Waals surface area contributed by atoms with Gasteiger partial charge in [0.25, 0.3) is 0 Å². The molecule has 0 bridgehead atoms. The van der Waals surface area contributed by atoms with E-state index in [1.807, 2.05) is 12.1 Å². The molecule has 2 heteroatoms. The molecule has 2 nitrogen and oxygen atoms in total. The molecule has 0 amide bonds. The fraction of sp³-hybridized carbons (Fsp3) is 0.600. The Labute approximate surface area is 105 Å². The van der Waals surface area contributed by atoms with Crippen LogP contribution in [0, 0.1) is 5.92 Å². The van der Waals surface area contributed by atoms with Crippen LogP contribution in [0.3, 0.4) is 0 Å². The van der Waals surface area contributed by atoms with Crippen molar-refractivity contribution in [2.24, 2.45) is 5.92 Å². The maximum atomic E-state index is 10.0. The highest BCUT2D eigenvalue weighted by molar-refractivity contribution is 5.25. The van der Waals surface area contributed by atoms with Crippen LogP contribution >= 0.6 is 0 Å². The Morgan fingerprint density at radius 3 is 2.71 bits per heavy atom. The van der Waals surface area contributed by atoms with Crippen LogP contribution in [0.15, 0.2) is 24.3 Å². The standard InChI is InChI=1S/C15H25NO/c1-4-8-16-11-15(17)14-7-5-6-13(10-14)9-12(2)3/h5-7,10,12,15-17H,4,8-9,11H2,1-3H3. The van der Waals surface area contributed by atoms with Crippen molar-refractivity contribution in [3.05, 3.63) is 35.4 Å². The third-order valence-corrected chi connectivity index (χ3v) is 2.74. The van der Waals surface area contributed by atoms with E-state index >= 15 is 0 Å². The number of aliphatic hydroxyl groups is 1. The molecule has 2 N–H and O–H groups in total. The van der Waals surface area contributed by atoms with Crippen molar-refractivity contribution in [2.45, 2.75) is 39.7 Å². The zero-order chi connectivity index (χ0) is 12.7. The van der Waals surface area contributed by atoms with Gasteiger partial charge in [0, 0.05) is 6.54 Å². The third-order valence-electron chi connectivity index (χ3n) is 2.74. The van der Waals surface area contributed by atoms with Crippen LogP contribution in [-0.4, -0.2) is 18.2 Å². The Balaban J connectivity index is 2.57. The lowest BCUT2D eigenvalue weighted by Crippen LogP contribution is -2.22. The average Bonchev–Trinajstić information content (AvgIpc) is 2.28. The van der Waals surface area contributed by atoms with Crippen molar-refractivity contribution in [1.82, 2.24) is 5.32 Å². The van der Waals surface area contributed by atoms with Crippen LogP contribution in [0.25, 0.3) is 0 Å². The van der Waals surface area contributed by atoms with E-state index < -0.39 is 6.10 Å². The largest absolute Gasteiger partial charge is 0.387 e. The summed E-state index contributed by atoms with van der Waals surface area (Å²) in [5.41, 5.74) is 2.33. The topological polar surface area (TPSA) is 32.3 Å². The van der Waals surface area contributed by atoms with Gasteiger partial charge in [0.05, 0.1) is 6.10 Å². The maximum absolute atomic E-state index is 10.0. The molecule has 0 aliphatic rings. The van der Waals surface area contributed by atoms with Gasteiger partial charge in [0.2, 0.25) is 0 Å². The molecular weight excluding hydrogens is 210 g/mol. The molecule has 0 heterocycles. The monoisotopic (exact) mass is 235 g/mol. The molecular formula is C15H25NO. The smallest absolute Gasteiger partial charge is 0.0914 e. The molecule has 1 atom stereocenters.